The molecule has 0 aliphatic carbocycles. The molecule has 0 unspecified atom stereocenters. The molecular formula is C18H17ClN4O2. The van der Waals surface area contributed by atoms with Crippen molar-refractivity contribution < 1.29 is 9.53 Å². The molecule has 1 aromatic heterocycles. The van der Waals surface area contributed by atoms with Crippen LogP contribution in [-0.4, -0.2) is 15.9 Å². The van der Waals surface area contributed by atoms with Gasteiger partial charge in [0, 0.05) is 23.9 Å². The first-order valence-electron chi connectivity index (χ1n) is 7.40. The summed E-state index contributed by atoms with van der Waals surface area (Å²) in [5.74, 6) is 0.681. The quantitative estimate of drug-likeness (QED) is 0.731. The van der Waals surface area contributed by atoms with E-state index in [1.54, 1.807) is 30.3 Å². The summed E-state index contributed by atoms with van der Waals surface area (Å²) in [6.45, 7) is 0.304. The number of nitrogens with two attached hydrogens (primary N) is 1. The Labute approximate surface area is 151 Å². The van der Waals surface area contributed by atoms with Gasteiger partial charge in [-0.15, -0.1) is 12.4 Å². The summed E-state index contributed by atoms with van der Waals surface area (Å²) in [5.41, 5.74) is 7.45. The SMILES string of the molecule is Cl.NCc1cc(Oc2cccc(C(=O)Nc3ccccc3)c2)ncn1. The molecule has 2 aromatic carbocycles. The largest absolute Gasteiger partial charge is 0.439 e. The molecule has 0 atom stereocenters. The highest BCUT2D eigenvalue weighted by Crippen LogP contribution is 2.21. The molecule has 0 spiro atoms. The van der Waals surface area contributed by atoms with Crippen LogP contribution in [0.15, 0.2) is 67.0 Å². The number of carbonyl (C=O) groups excluding carboxylic acids is 1. The lowest BCUT2D eigenvalue weighted by Crippen LogP contribution is -2.11. The normalized spacial score (nSPS) is 9.80. The van der Waals surface area contributed by atoms with Crippen LogP contribution in [0.4, 0.5) is 5.69 Å². The van der Waals surface area contributed by atoms with E-state index in [0.29, 0.717) is 29.4 Å². The predicted molar refractivity (Wildman–Crippen MR) is 98.1 cm³/mol. The smallest absolute Gasteiger partial charge is 0.255 e. The van der Waals surface area contributed by atoms with Gasteiger partial charge in [-0.2, -0.15) is 0 Å². The molecule has 25 heavy (non-hydrogen) atoms. The second-order valence-corrected chi connectivity index (χ2v) is 5.00. The van der Waals surface area contributed by atoms with Gasteiger partial charge in [-0.05, 0) is 30.3 Å². The third kappa shape index (κ3) is 5.00. The number of rotatable bonds is 5. The van der Waals surface area contributed by atoms with E-state index in [1.165, 1.54) is 6.33 Å². The molecule has 0 bridgehead atoms. The van der Waals surface area contributed by atoms with Crippen molar-refractivity contribution in [3.63, 3.8) is 0 Å². The van der Waals surface area contributed by atoms with Gasteiger partial charge in [0.2, 0.25) is 5.88 Å². The number of hydrogen-bond acceptors (Lipinski definition) is 5. The number of ether oxygens (including phenoxy) is 1. The topological polar surface area (TPSA) is 90.1 Å². The van der Waals surface area contributed by atoms with Gasteiger partial charge in [-0.3, -0.25) is 4.79 Å². The van der Waals surface area contributed by atoms with E-state index in [0.717, 1.165) is 5.69 Å². The minimum atomic E-state index is -0.211. The lowest BCUT2D eigenvalue weighted by atomic mass is 10.2. The summed E-state index contributed by atoms with van der Waals surface area (Å²) in [6, 6.07) is 17.8. The Morgan fingerprint density at radius 1 is 1.04 bits per heavy atom. The second kappa shape index (κ2) is 8.77. The highest BCUT2D eigenvalue weighted by molar-refractivity contribution is 6.04. The molecule has 3 aromatic rings. The summed E-state index contributed by atoms with van der Waals surface area (Å²) in [5, 5.41) is 2.83. The van der Waals surface area contributed by atoms with Crippen molar-refractivity contribution in [2.24, 2.45) is 5.73 Å². The maximum absolute atomic E-state index is 12.3. The van der Waals surface area contributed by atoms with Crippen molar-refractivity contribution in [1.82, 2.24) is 9.97 Å². The van der Waals surface area contributed by atoms with Gasteiger partial charge >= 0.3 is 0 Å². The third-order valence-corrected chi connectivity index (χ3v) is 3.26. The van der Waals surface area contributed by atoms with Crippen LogP contribution < -0.4 is 15.8 Å². The van der Waals surface area contributed by atoms with Crippen LogP contribution in [0, 0.1) is 0 Å². The Kier molecular flexibility index (Phi) is 6.45. The van der Waals surface area contributed by atoms with Crippen LogP contribution in [0.3, 0.4) is 0 Å². The van der Waals surface area contributed by atoms with Gasteiger partial charge in [-0.1, -0.05) is 24.3 Å². The Bertz CT molecular complexity index is 843. The zero-order valence-corrected chi connectivity index (χ0v) is 14.1. The van der Waals surface area contributed by atoms with E-state index in [2.05, 4.69) is 15.3 Å². The number of benzene rings is 2. The maximum Gasteiger partial charge on any atom is 0.255 e. The van der Waals surface area contributed by atoms with Crippen molar-refractivity contribution in [1.29, 1.82) is 0 Å². The standard InChI is InChI=1S/C18H16N4O2.ClH/c19-11-15-10-17(21-12-20-15)24-16-8-4-5-13(9-16)18(23)22-14-6-2-1-3-7-14;/h1-10,12H,11,19H2,(H,22,23);1H. The number of para-hydroxylation sites is 1. The molecule has 0 aliphatic heterocycles. The first kappa shape index (κ1) is 18.4. The van der Waals surface area contributed by atoms with Gasteiger partial charge in [0.1, 0.15) is 12.1 Å². The maximum atomic E-state index is 12.3. The molecular weight excluding hydrogens is 340 g/mol. The lowest BCUT2D eigenvalue weighted by Gasteiger charge is -2.08. The Hall–Kier alpha value is -2.96. The number of halogens is 1. The number of amides is 1. The molecule has 1 heterocycles. The van der Waals surface area contributed by atoms with Crippen LogP contribution in [0.2, 0.25) is 0 Å². The van der Waals surface area contributed by atoms with Crippen LogP contribution in [0.5, 0.6) is 11.6 Å². The molecule has 7 heteroatoms. The van der Waals surface area contributed by atoms with Crippen molar-refractivity contribution in [3.8, 4) is 11.6 Å². The Morgan fingerprint density at radius 3 is 2.60 bits per heavy atom. The molecule has 128 valence electrons. The van der Waals surface area contributed by atoms with Gasteiger partial charge < -0.3 is 15.8 Å². The second-order valence-electron chi connectivity index (χ2n) is 5.00. The summed E-state index contributed by atoms with van der Waals surface area (Å²) in [6.07, 6.45) is 1.39. The minimum Gasteiger partial charge on any atom is -0.439 e. The van der Waals surface area contributed by atoms with Crippen LogP contribution >= 0.6 is 12.4 Å². The number of nitrogens with zero attached hydrogens (tertiary/aromatic N) is 2. The van der Waals surface area contributed by atoms with Crippen molar-refractivity contribution in [3.05, 3.63) is 78.2 Å². The molecule has 0 aliphatic rings. The van der Waals surface area contributed by atoms with Gasteiger partial charge in [0.25, 0.3) is 5.91 Å². The summed E-state index contributed by atoms with van der Waals surface area (Å²) >= 11 is 0. The number of anilines is 1. The molecule has 6 nitrogen and oxygen atoms in total. The zero-order chi connectivity index (χ0) is 16.8. The highest BCUT2D eigenvalue weighted by Gasteiger charge is 2.08. The number of aromatic nitrogens is 2. The third-order valence-electron chi connectivity index (χ3n) is 3.26. The molecule has 0 radical (unpaired) electrons. The van der Waals surface area contributed by atoms with Crippen molar-refractivity contribution in [2.75, 3.05) is 5.32 Å². The average molecular weight is 357 g/mol. The molecule has 1 amide bonds. The van der Waals surface area contributed by atoms with Crippen molar-refractivity contribution >= 4 is 24.0 Å². The Balaban J connectivity index is 0.00000225. The fourth-order valence-corrected chi connectivity index (χ4v) is 2.09. The lowest BCUT2D eigenvalue weighted by molar-refractivity contribution is 0.102. The number of carbonyl (C=O) groups is 1. The monoisotopic (exact) mass is 356 g/mol. The average Bonchev–Trinajstić information content (AvgIpc) is 2.63. The van der Waals surface area contributed by atoms with E-state index in [1.807, 2.05) is 30.3 Å². The van der Waals surface area contributed by atoms with E-state index in [-0.39, 0.29) is 18.3 Å². The van der Waals surface area contributed by atoms with E-state index < -0.39 is 0 Å². The molecule has 3 N–H and O–H groups in total. The molecule has 0 saturated heterocycles. The first-order valence-corrected chi connectivity index (χ1v) is 7.40. The summed E-state index contributed by atoms with van der Waals surface area (Å²) in [7, 11) is 0. The van der Waals surface area contributed by atoms with Gasteiger partial charge in [0.05, 0.1) is 5.69 Å². The van der Waals surface area contributed by atoms with E-state index in [4.69, 9.17) is 10.5 Å². The van der Waals surface area contributed by atoms with E-state index in [9.17, 15) is 4.79 Å². The first-order chi connectivity index (χ1) is 11.7. The Morgan fingerprint density at radius 2 is 1.84 bits per heavy atom. The summed E-state index contributed by atoms with van der Waals surface area (Å²) < 4.78 is 5.68. The molecule has 0 saturated carbocycles. The molecule has 0 fully saturated rings. The zero-order valence-electron chi connectivity index (χ0n) is 13.3. The van der Waals surface area contributed by atoms with Crippen LogP contribution in [0.1, 0.15) is 16.1 Å². The van der Waals surface area contributed by atoms with Crippen molar-refractivity contribution in [2.45, 2.75) is 6.54 Å². The van der Waals surface area contributed by atoms with Crippen LogP contribution in [-0.2, 0) is 6.54 Å². The van der Waals surface area contributed by atoms with Gasteiger partial charge in [0.15, 0.2) is 0 Å². The van der Waals surface area contributed by atoms with Gasteiger partial charge in [-0.25, -0.2) is 9.97 Å². The van der Waals surface area contributed by atoms with Crippen LogP contribution in [0.25, 0.3) is 0 Å². The van der Waals surface area contributed by atoms with E-state index >= 15 is 0 Å². The number of nitrogens with one attached hydrogen (secondary N) is 1. The predicted octanol–water partition coefficient (Wildman–Crippen LogP) is 3.40. The summed E-state index contributed by atoms with van der Waals surface area (Å²) in [4.78, 5) is 20.4. The highest BCUT2D eigenvalue weighted by atomic mass is 35.5. The fraction of sp³-hybridized carbons (Fsp3) is 0.0556. The minimum absolute atomic E-state index is 0. The fourth-order valence-electron chi connectivity index (χ4n) is 2.09. The number of hydrogen-bond donors (Lipinski definition) is 2. The molecule has 3 rings (SSSR count).